The molecule has 0 aromatic carbocycles. The third kappa shape index (κ3) is 21.5. The van der Waals surface area contributed by atoms with Crippen LogP contribution in [0.25, 0.3) is 0 Å². The molecule has 6 unspecified atom stereocenters. The zero-order chi connectivity index (χ0) is 28.7. The molecule has 1 aliphatic rings. The van der Waals surface area contributed by atoms with Gasteiger partial charge in [-0.05, 0) is 0 Å². The second-order valence-electron chi connectivity index (χ2n) is 6.28. The number of phosphoric ester groups is 6. The molecule has 40 heavy (non-hydrogen) atoms. The van der Waals surface area contributed by atoms with Gasteiger partial charge in [0, 0.05) is 0 Å². The van der Waals surface area contributed by atoms with E-state index >= 15 is 0 Å². The van der Waals surface area contributed by atoms with Crippen LogP contribution in [0, 0.1) is 0 Å². The van der Waals surface area contributed by atoms with Crippen molar-refractivity contribution in [2.45, 2.75) is 36.6 Å². The van der Waals surface area contributed by atoms with E-state index in [9.17, 15) is 47.0 Å². The molecule has 0 aliphatic heterocycles. The third-order valence-electron chi connectivity index (χ3n) is 3.48. The Bertz CT molecular complexity index is 837. The van der Waals surface area contributed by atoms with Crippen molar-refractivity contribution in [3.63, 3.8) is 0 Å². The Labute approximate surface area is 311 Å². The number of rotatable bonds is 12. The minimum atomic E-state index is -6.32. The van der Waals surface area contributed by atoms with Crippen molar-refractivity contribution in [3.05, 3.63) is 0 Å². The Morgan fingerprint density at radius 2 is 0.475 bits per heavy atom. The van der Waals surface area contributed by atoms with Crippen LogP contribution >= 0.6 is 46.9 Å². The van der Waals surface area contributed by atoms with Gasteiger partial charge >= 0.3 is 134 Å². The minimum absolute atomic E-state index is 0. The molecule has 0 radical (unpaired) electrons. The predicted molar refractivity (Wildman–Crippen MR) is 92.6 cm³/mol. The van der Waals surface area contributed by atoms with Crippen molar-refractivity contribution in [1.82, 2.24) is 0 Å². The average Bonchev–Trinajstić information content (AvgIpc) is 2.51. The van der Waals surface area contributed by atoms with Crippen LogP contribution < -0.4 is 138 Å². The molecule has 0 heterocycles. The summed E-state index contributed by atoms with van der Waals surface area (Å²) in [5.74, 6) is 0. The van der Waals surface area contributed by atoms with E-state index in [1.165, 1.54) is 0 Å². The maximum Gasteiger partial charge on any atom is 1.00 e. The molecule has 0 saturated heterocycles. The number of hydrogen-bond donors (Lipinski definition) is 8. The summed E-state index contributed by atoms with van der Waals surface area (Å²) in [7, 11) is -37.4. The standard InChI is InChI=1S/C6H18O24P6.4Na/c7-31(8,9)25-1-2(26-32(10,11)12)4(28-34(16,17)18)6(30-36(22,23)24)5(29-35(19,20)21)3(1)27-33(13,14)15;;;;/h1-6H,(H2,7,8,9)(H2,10,11,12)(H2,13,14,15)(H2,16,17,18)(H2,19,20,21)(H2,22,23,24);;;;/q;4*+1/p-4/t1-,2-,3?,4?,5-,6+;;;;/m0..../s1. The molecule has 216 valence electrons. The molecular weight excluding hydrogens is 734 g/mol. The van der Waals surface area contributed by atoms with Gasteiger partial charge in [-0.15, -0.1) is 0 Å². The summed E-state index contributed by atoms with van der Waals surface area (Å²) in [6.07, 6.45) is -19.7. The summed E-state index contributed by atoms with van der Waals surface area (Å²) in [4.78, 5) is 117. The largest absolute Gasteiger partial charge is 1.00 e. The summed E-state index contributed by atoms with van der Waals surface area (Å²) in [5, 5.41) is 0. The zero-order valence-electron chi connectivity index (χ0n) is 20.3. The van der Waals surface area contributed by atoms with Gasteiger partial charge in [-0.3, -0.25) is 27.3 Å². The molecular formula is C6H14Na4O24P6. The summed E-state index contributed by atoms with van der Waals surface area (Å²) >= 11 is 0. The predicted octanol–water partition coefficient (Wildman–Crippen LogP) is -17.6. The Kier molecular flexibility index (Phi) is 24.5. The van der Waals surface area contributed by atoms with Crippen LogP contribution in [0.15, 0.2) is 0 Å². The zero-order valence-corrected chi connectivity index (χ0v) is 33.6. The first-order valence-corrected chi connectivity index (χ1v) is 17.0. The molecule has 0 bridgehead atoms. The Hall–Kier alpha value is 4.66. The van der Waals surface area contributed by atoms with Crippen molar-refractivity contribution >= 4 is 46.9 Å². The van der Waals surface area contributed by atoms with E-state index in [1.54, 1.807) is 0 Å². The smallest absolute Gasteiger partial charge is 0.756 e. The maximum atomic E-state index is 11.4. The number of phosphoric acid groups is 6. The van der Waals surface area contributed by atoms with Crippen LogP contribution in [-0.2, 0) is 54.5 Å². The van der Waals surface area contributed by atoms with E-state index in [1.807, 2.05) is 0 Å². The summed E-state index contributed by atoms with van der Waals surface area (Å²) in [6, 6.07) is 0. The molecule has 34 heteroatoms. The van der Waals surface area contributed by atoms with E-state index < -0.39 is 83.6 Å². The van der Waals surface area contributed by atoms with Crippen LogP contribution in [-0.4, -0.2) is 75.8 Å². The normalized spacial score (nSPS) is 31.2. The quantitative estimate of drug-likeness (QED) is 0.0678. The Morgan fingerprint density at radius 1 is 0.350 bits per heavy atom. The average molecular weight is 748 g/mol. The van der Waals surface area contributed by atoms with Gasteiger partial charge in [-0.2, -0.15) is 0 Å². The first-order valence-electron chi connectivity index (χ1n) is 7.94. The molecule has 1 rings (SSSR count). The fourth-order valence-corrected chi connectivity index (χ4v) is 6.08. The summed E-state index contributed by atoms with van der Waals surface area (Å²) in [6.45, 7) is 0. The molecule has 0 aromatic rings. The van der Waals surface area contributed by atoms with Crippen LogP contribution in [0.4, 0.5) is 0 Å². The summed E-state index contributed by atoms with van der Waals surface area (Å²) < 4.78 is 91.5. The van der Waals surface area contributed by atoms with Gasteiger partial charge in [0.15, 0.2) is 0 Å². The Morgan fingerprint density at radius 3 is 0.575 bits per heavy atom. The fraction of sp³-hybridized carbons (Fsp3) is 1.00. The van der Waals surface area contributed by atoms with Crippen molar-refractivity contribution in [2.24, 2.45) is 0 Å². The molecule has 8 N–H and O–H groups in total. The topological polar surface area (TPSA) is 412 Å². The van der Waals surface area contributed by atoms with Crippen LogP contribution in [0.1, 0.15) is 0 Å². The molecule has 10 atom stereocenters. The summed E-state index contributed by atoms with van der Waals surface area (Å²) in [5.41, 5.74) is 0. The van der Waals surface area contributed by atoms with Crippen LogP contribution in [0.5, 0.6) is 0 Å². The van der Waals surface area contributed by atoms with E-state index in [4.69, 9.17) is 39.1 Å². The SMILES string of the molecule is O=P([O-])(O)OC1[C@@H](OP(=O)([O-])O)[C@H](OP(=O)(O)O)C(OP(=O)([O-])O)[C@H](OP(=O)(O)O)[C@@H]1OP(=O)([O-])O.[Na+].[Na+].[Na+].[Na+]. The van der Waals surface area contributed by atoms with E-state index in [-0.39, 0.29) is 118 Å². The number of hydrogen-bond acceptors (Lipinski definition) is 16. The fourth-order valence-electron chi connectivity index (χ4n) is 2.77. The molecule has 24 nitrogen and oxygen atoms in total. The van der Waals surface area contributed by atoms with Gasteiger partial charge in [0.25, 0.3) is 31.3 Å². The Balaban J connectivity index is -0.00000162. The molecule has 0 amide bonds. The second-order valence-corrected chi connectivity index (χ2v) is 13.3. The van der Waals surface area contributed by atoms with Crippen molar-refractivity contribution < 1.29 is 231 Å². The monoisotopic (exact) mass is 748 g/mol. The van der Waals surface area contributed by atoms with Gasteiger partial charge in [0.1, 0.15) is 36.6 Å². The van der Waals surface area contributed by atoms with Crippen LogP contribution in [0.2, 0.25) is 0 Å². The van der Waals surface area contributed by atoms with E-state index in [2.05, 4.69) is 27.1 Å². The van der Waals surface area contributed by atoms with Gasteiger partial charge in [0.2, 0.25) is 0 Å². The van der Waals surface area contributed by atoms with Gasteiger partial charge in [-0.1, -0.05) is 0 Å². The molecule has 0 spiro atoms. The van der Waals surface area contributed by atoms with E-state index in [0.29, 0.717) is 0 Å². The van der Waals surface area contributed by atoms with Gasteiger partial charge < -0.3 is 76.8 Å². The van der Waals surface area contributed by atoms with Crippen LogP contribution in [0.3, 0.4) is 0 Å². The minimum Gasteiger partial charge on any atom is -0.756 e. The second kappa shape index (κ2) is 19.0. The van der Waals surface area contributed by atoms with Gasteiger partial charge in [-0.25, -0.2) is 9.13 Å². The molecule has 1 saturated carbocycles. The molecule has 0 aromatic heterocycles. The van der Waals surface area contributed by atoms with Crippen molar-refractivity contribution in [2.75, 3.05) is 0 Å². The first kappa shape index (κ1) is 51.5. The molecule has 1 aliphatic carbocycles. The van der Waals surface area contributed by atoms with Crippen molar-refractivity contribution in [3.8, 4) is 0 Å². The van der Waals surface area contributed by atoms with Crippen molar-refractivity contribution in [1.29, 1.82) is 0 Å². The third-order valence-corrected chi connectivity index (χ3v) is 6.56. The molecule has 1 fully saturated rings. The maximum absolute atomic E-state index is 11.4. The van der Waals surface area contributed by atoms with Gasteiger partial charge in [0.05, 0.1) is 0 Å². The first-order chi connectivity index (χ1) is 15.6. The van der Waals surface area contributed by atoms with E-state index in [0.717, 1.165) is 0 Å².